The summed E-state index contributed by atoms with van der Waals surface area (Å²) in [6, 6.07) is 6.38. The Labute approximate surface area is 106 Å². The van der Waals surface area contributed by atoms with Gasteiger partial charge in [0.2, 0.25) is 0 Å². The maximum absolute atomic E-state index is 13.5. The number of aromatic amines is 1. The number of hydrogen-bond acceptors (Lipinski definition) is 1. The van der Waals surface area contributed by atoms with Gasteiger partial charge in [0, 0.05) is 12.1 Å². The molecule has 2 nitrogen and oxygen atoms in total. The van der Waals surface area contributed by atoms with Gasteiger partial charge in [0.15, 0.2) is 5.78 Å². The van der Waals surface area contributed by atoms with Crippen LogP contribution in [0.2, 0.25) is 0 Å². The number of hydrogen-bond donors (Lipinski definition) is 1. The predicted octanol–water partition coefficient (Wildman–Crippen LogP) is 3.50. The molecule has 1 N–H and O–H groups in total. The first-order valence-electron chi connectivity index (χ1n) is 5.93. The third-order valence-corrected chi connectivity index (χ3v) is 3.40. The molecule has 0 unspecified atom stereocenters. The highest BCUT2D eigenvalue weighted by Gasteiger charge is 2.16. The number of aryl methyl sites for hydroxylation is 1. The summed E-state index contributed by atoms with van der Waals surface area (Å²) in [5, 5.41) is 0. The second kappa shape index (κ2) is 4.77. The molecular weight excluding hydrogens is 229 g/mol. The third kappa shape index (κ3) is 2.21. The van der Waals surface area contributed by atoms with Gasteiger partial charge < -0.3 is 4.98 Å². The van der Waals surface area contributed by atoms with Gasteiger partial charge in [0.05, 0.1) is 5.69 Å². The number of nitrogens with one attached hydrogen (secondary N) is 1. The number of Topliss-reactive ketones (excluding diaryl/α,β-unsaturated/α-hetero) is 1. The Kier molecular flexibility index (Phi) is 3.32. The van der Waals surface area contributed by atoms with Crippen LogP contribution in [0.5, 0.6) is 0 Å². The number of H-pyrrole nitrogens is 1. The molecule has 0 fully saturated rings. The summed E-state index contributed by atoms with van der Waals surface area (Å²) in [5.41, 5.74) is 4.06. The van der Waals surface area contributed by atoms with Crippen LogP contribution in [0.15, 0.2) is 24.3 Å². The average Bonchev–Trinajstić information content (AvgIpc) is 2.60. The zero-order chi connectivity index (χ0) is 13.3. The van der Waals surface area contributed by atoms with Crippen LogP contribution in [-0.4, -0.2) is 10.8 Å². The molecule has 0 amide bonds. The van der Waals surface area contributed by atoms with Crippen LogP contribution < -0.4 is 0 Å². The van der Waals surface area contributed by atoms with Crippen LogP contribution in [-0.2, 0) is 6.42 Å². The molecule has 1 aromatic heterocycles. The van der Waals surface area contributed by atoms with Crippen molar-refractivity contribution in [3.05, 3.63) is 58.2 Å². The highest BCUT2D eigenvalue weighted by Crippen LogP contribution is 2.19. The van der Waals surface area contributed by atoms with Crippen LogP contribution in [0, 0.1) is 26.6 Å². The standard InChI is InChI=1S/C15H16FNO/c1-9-10(2)15(17-11(9)3)14(18)8-12-6-4-5-7-13(12)16/h4-7,17H,8H2,1-3H3. The Morgan fingerprint density at radius 3 is 2.39 bits per heavy atom. The molecule has 0 spiro atoms. The first-order chi connectivity index (χ1) is 8.50. The van der Waals surface area contributed by atoms with Gasteiger partial charge in [-0.2, -0.15) is 0 Å². The third-order valence-electron chi connectivity index (χ3n) is 3.40. The van der Waals surface area contributed by atoms with Crippen LogP contribution in [0.4, 0.5) is 4.39 Å². The summed E-state index contributed by atoms with van der Waals surface area (Å²) in [5.74, 6) is -0.405. The van der Waals surface area contributed by atoms with Gasteiger partial charge in [-0.3, -0.25) is 4.79 Å². The second-order valence-corrected chi connectivity index (χ2v) is 4.57. The van der Waals surface area contributed by atoms with Gasteiger partial charge in [-0.1, -0.05) is 18.2 Å². The second-order valence-electron chi connectivity index (χ2n) is 4.57. The Balaban J connectivity index is 2.28. The SMILES string of the molecule is Cc1[nH]c(C(=O)Cc2ccccc2F)c(C)c1C. The number of rotatable bonds is 3. The van der Waals surface area contributed by atoms with Crippen LogP contribution >= 0.6 is 0 Å². The molecule has 0 saturated carbocycles. The van der Waals surface area contributed by atoms with E-state index in [1.807, 2.05) is 20.8 Å². The van der Waals surface area contributed by atoms with Crippen molar-refractivity contribution in [2.24, 2.45) is 0 Å². The van der Waals surface area contributed by atoms with Crippen LogP contribution in [0.1, 0.15) is 32.9 Å². The molecule has 0 saturated heterocycles. The van der Waals surface area contributed by atoms with Crippen LogP contribution in [0.3, 0.4) is 0 Å². The van der Waals surface area contributed by atoms with E-state index >= 15 is 0 Å². The predicted molar refractivity (Wildman–Crippen MR) is 69.4 cm³/mol. The molecular formula is C15H16FNO. The largest absolute Gasteiger partial charge is 0.356 e. The number of benzene rings is 1. The fraction of sp³-hybridized carbons (Fsp3) is 0.267. The molecule has 2 rings (SSSR count). The van der Waals surface area contributed by atoms with Crippen LogP contribution in [0.25, 0.3) is 0 Å². The summed E-state index contributed by atoms with van der Waals surface area (Å²) in [6.45, 7) is 5.82. The van der Waals surface area contributed by atoms with Gasteiger partial charge in [-0.05, 0) is 43.5 Å². The highest BCUT2D eigenvalue weighted by molar-refractivity contribution is 5.97. The maximum atomic E-state index is 13.5. The van der Waals surface area contributed by atoms with E-state index in [9.17, 15) is 9.18 Å². The molecule has 2 aromatic rings. The van der Waals surface area contributed by atoms with Crippen molar-refractivity contribution in [1.29, 1.82) is 0 Å². The van der Waals surface area contributed by atoms with Crippen molar-refractivity contribution in [2.75, 3.05) is 0 Å². The molecule has 3 heteroatoms. The quantitative estimate of drug-likeness (QED) is 0.825. The summed E-state index contributed by atoms with van der Waals surface area (Å²) in [4.78, 5) is 15.2. The summed E-state index contributed by atoms with van der Waals surface area (Å²) in [6.07, 6.45) is 0.0902. The number of ketones is 1. The van der Waals surface area contributed by atoms with E-state index in [1.54, 1.807) is 18.2 Å². The topological polar surface area (TPSA) is 32.9 Å². The number of halogens is 1. The van der Waals surface area contributed by atoms with E-state index in [1.165, 1.54) is 6.07 Å². The molecule has 18 heavy (non-hydrogen) atoms. The van der Waals surface area contributed by atoms with Crippen molar-refractivity contribution in [3.63, 3.8) is 0 Å². The summed E-state index contributed by atoms with van der Waals surface area (Å²) >= 11 is 0. The Morgan fingerprint density at radius 2 is 1.83 bits per heavy atom. The summed E-state index contributed by atoms with van der Waals surface area (Å²) < 4.78 is 13.5. The monoisotopic (exact) mass is 245 g/mol. The number of carbonyl (C=O) groups excluding carboxylic acids is 1. The zero-order valence-electron chi connectivity index (χ0n) is 10.8. The normalized spacial score (nSPS) is 10.7. The van der Waals surface area contributed by atoms with Gasteiger partial charge in [-0.25, -0.2) is 4.39 Å². The lowest BCUT2D eigenvalue weighted by Crippen LogP contribution is -2.07. The van der Waals surface area contributed by atoms with Gasteiger partial charge in [-0.15, -0.1) is 0 Å². The molecule has 0 radical (unpaired) electrons. The van der Waals surface area contributed by atoms with E-state index in [-0.39, 0.29) is 18.0 Å². The Morgan fingerprint density at radius 1 is 1.17 bits per heavy atom. The van der Waals surface area contributed by atoms with Crippen molar-refractivity contribution < 1.29 is 9.18 Å². The fourth-order valence-electron chi connectivity index (χ4n) is 2.03. The molecule has 0 aliphatic heterocycles. The lowest BCUT2D eigenvalue weighted by molar-refractivity contribution is 0.0987. The number of carbonyl (C=O) groups is 1. The van der Waals surface area contributed by atoms with E-state index in [0.29, 0.717) is 11.3 Å². The maximum Gasteiger partial charge on any atom is 0.183 e. The Hall–Kier alpha value is -1.90. The molecule has 1 heterocycles. The average molecular weight is 245 g/mol. The molecule has 1 aromatic carbocycles. The van der Waals surface area contributed by atoms with Crippen molar-refractivity contribution in [2.45, 2.75) is 27.2 Å². The minimum absolute atomic E-state index is 0.0752. The first kappa shape index (κ1) is 12.6. The minimum Gasteiger partial charge on any atom is -0.356 e. The van der Waals surface area contributed by atoms with E-state index in [2.05, 4.69) is 4.98 Å². The van der Waals surface area contributed by atoms with Gasteiger partial charge in [0.1, 0.15) is 5.82 Å². The van der Waals surface area contributed by atoms with E-state index in [0.717, 1.165) is 16.8 Å². The lowest BCUT2D eigenvalue weighted by atomic mass is 10.0. The molecule has 0 aliphatic rings. The first-order valence-corrected chi connectivity index (χ1v) is 5.93. The van der Waals surface area contributed by atoms with Gasteiger partial charge in [0.25, 0.3) is 0 Å². The minimum atomic E-state index is -0.330. The molecule has 94 valence electrons. The van der Waals surface area contributed by atoms with Crippen molar-refractivity contribution >= 4 is 5.78 Å². The molecule has 0 bridgehead atoms. The van der Waals surface area contributed by atoms with Gasteiger partial charge >= 0.3 is 0 Å². The molecule has 0 atom stereocenters. The number of aromatic nitrogens is 1. The Bertz CT molecular complexity index is 599. The van der Waals surface area contributed by atoms with E-state index < -0.39 is 0 Å². The van der Waals surface area contributed by atoms with Crippen molar-refractivity contribution in [1.82, 2.24) is 4.98 Å². The van der Waals surface area contributed by atoms with E-state index in [4.69, 9.17) is 0 Å². The van der Waals surface area contributed by atoms with Crippen molar-refractivity contribution in [3.8, 4) is 0 Å². The molecule has 0 aliphatic carbocycles. The lowest BCUT2D eigenvalue weighted by Gasteiger charge is -2.02. The summed E-state index contributed by atoms with van der Waals surface area (Å²) in [7, 11) is 0. The highest BCUT2D eigenvalue weighted by atomic mass is 19.1. The smallest absolute Gasteiger partial charge is 0.183 e. The fourth-order valence-corrected chi connectivity index (χ4v) is 2.03. The zero-order valence-corrected chi connectivity index (χ0v) is 10.8.